The van der Waals surface area contributed by atoms with E-state index in [2.05, 4.69) is 26.1 Å². The van der Waals surface area contributed by atoms with E-state index >= 15 is 0 Å². The fourth-order valence-corrected chi connectivity index (χ4v) is 3.54. The highest BCUT2D eigenvalue weighted by Crippen LogP contribution is 2.24. The minimum Gasteiger partial charge on any atom is -0.496 e. The lowest BCUT2D eigenvalue weighted by molar-refractivity contribution is -0.116. The Hall–Kier alpha value is -2.51. The van der Waals surface area contributed by atoms with Crippen molar-refractivity contribution in [2.75, 3.05) is 33.3 Å². The summed E-state index contributed by atoms with van der Waals surface area (Å²) in [5.74, 6) is 0.123. The van der Waals surface area contributed by atoms with Crippen LogP contribution in [0.2, 0.25) is 0 Å². The van der Waals surface area contributed by atoms with Gasteiger partial charge in [0.05, 0.1) is 7.11 Å². The van der Waals surface area contributed by atoms with E-state index in [9.17, 15) is 14.0 Å². The predicted octanol–water partition coefficient (Wildman–Crippen LogP) is 3.54. The SMILES string of the molecule is COc1ccc(Br)cc1/C=C/C(=O)NCCN1CC(C(=O)c2ccc(F)cc2)C1. The van der Waals surface area contributed by atoms with Crippen molar-refractivity contribution in [1.29, 1.82) is 0 Å². The highest BCUT2D eigenvalue weighted by Gasteiger charge is 2.32. The summed E-state index contributed by atoms with van der Waals surface area (Å²) in [4.78, 5) is 26.4. The number of ketones is 1. The van der Waals surface area contributed by atoms with Gasteiger partial charge in [-0.1, -0.05) is 15.9 Å². The molecule has 3 rings (SSSR count). The monoisotopic (exact) mass is 460 g/mol. The van der Waals surface area contributed by atoms with E-state index in [1.807, 2.05) is 18.2 Å². The number of hydrogen-bond acceptors (Lipinski definition) is 4. The van der Waals surface area contributed by atoms with Crippen molar-refractivity contribution in [3.63, 3.8) is 0 Å². The van der Waals surface area contributed by atoms with Crippen LogP contribution in [0.3, 0.4) is 0 Å². The number of nitrogens with zero attached hydrogens (tertiary/aromatic N) is 1. The lowest BCUT2D eigenvalue weighted by Crippen LogP contribution is -2.52. The van der Waals surface area contributed by atoms with Crippen molar-refractivity contribution in [1.82, 2.24) is 10.2 Å². The third-order valence-corrected chi connectivity index (χ3v) is 5.28. The molecular weight excluding hydrogens is 439 g/mol. The molecule has 0 atom stereocenters. The number of nitrogens with one attached hydrogen (secondary N) is 1. The number of carbonyl (C=O) groups is 2. The molecule has 0 bridgehead atoms. The molecule has 1 heterocycles. The molecule has 1 fully saturated rings. The van der Waals surface area contributed by atoms with Crippen LogP contribution in [-0.4, -0.2) is 49.9 Å². The lowest BCUT2D eigenvalue weighted by atomic mass is 9.91. The molecule has 1 amide bonds. The van der Waals surface area contributed by atoms with E-state index in [1.165, 1.54) is 30.3 Å². The number of hydrogen-bond donors (Lipinski definition) is 1. The Bertz CT molecular complexity index is 909. The smallest absolute Gasteiger partial charge is 0.244 e. The van der Waals surface area contributed by atoms with E-state index in [-0.39, 0.29) is 23.4 Å². The van der Waals surface area contributed by atoms with E-state index in [4.69, 9.17) is 4.74 Å². The molecule has 2 aromatic carbocycles. The number of halogens is 2. The Kier molecular flexibility index (Phi) is 7.17. The normalized spacial score (nSPS) is 14.6. The Morgan fingerprint density at radius 3 is 2.66 bits per heavy atom. The van der Waals surface area contributed by atoms with Gasteiger partial charge < -0.3 is 15.0 Å². The van der Waals surface area contributed by atoms with Gasteiger partial charge in [0.1, 0.15) is 11.6 Å². The summed E-state index contributed by atoms with van der Waals surface area (Å²) in [6, 6.07) is 11.2. The topological polar surface area (TPSA) is 58.6 Å². The van der Waals surface area contributed by atoms with Gasteiger partial charge in [-0.3, -0.25) is 9.59 Å². The van der Waals surface area contributed by atoms with Crippen LogP contribution >= 0.6 is 15.9 Å². The summed E-state index contributed by atoms with van der Waals surface area (Å²) >= 11 is 3.40. The standard InChI is InChI=1S/C22H22BrFN2O3/c1-29-20-8-5-18(23)12-16(20)4-9-21(27)25-10-11-26-13-17(14-26)22(28)15-2-6-19(24)7-3-15/h2-9,12,17H,10-11,13-14H2,1H3,(H,25,27)/b9-4+. The molecule has 5 nitrogen and oxygen atoms in total. The minimum absolute atomic E-state index is 0.0381. The first-order valence-corrected chi connectivity index (χ1v) is 10.1. The number of methoxy groups -OCH3 is 1. The highest BCUT2D eigenvalue weighted by molar-refractivity contribution is 9.10. The second kappa shape index (κ2) is 9.80. The number of Topliss-reactive ketones (excluding diaryl/α,β-unsaturated/α-hetero) is 1. The van der Waals surface area contributed by atoms with Crippen LogP contribution in [0.4, 0.5) is 4.39 Å². The second-order valence-corrected chi connectivity index (χ2v) is 7.75. The highest BCUT2D eigenvalue weighted by atomic mass is 79.9. The first kappa shape index (κ1) is 21.2. The predicted molar refractivity (Wildman–Crippen MR) is 113 cm³/mol. The van der Waals surface area contributed by atoms with Gasteiger partial charge in [0.25, 0.3) is 0 Å². The average molecular weight is 461 g/mol. The van der Waals surface area contributed by atoms with Crippen LogP contribution in [0.1, 0.15) is 15.9 Å². The zero-order valence-electron chi connectivity index (χ0n) is 16.0. The second-order valence-electron chi connectivity index (χ2n) is 6.84. The molecule has 152 valence electrons. The Morgan fingerprint density at radius 2 is 1.97 bits per heavy atom. The maximum atomic E-state index is 13.0. The van der Waals surface area contributed by atoms with Crippen LogP contribution in [0.25, 0.3) is 6.08 Å². The number of ether oxygens (including phenoxy) is 1. The summed E-state index contributed by atoms with van der Waals surface area (Å²) in [7, 11) is 1.59. The summed E-state index contributed by atoms with van der Waals surface area (Å²) in [5.41, 5.74) is 1.35. The molecular formula is C22H22BrFN2O3. The lowest BCUT2D eigenvalue weighted by Gasteiger charge is -2.38. The van der Waals surface area contributed by atoms with Gasteiger partial charge in [-0.15, -0.1) is 0 Å². The van der Waals surface area contributed by atoms with Crippen LogP contribution in [-0.2, 0) is 4.79 Å². The first-order valence-electron chi connectivity index (χ1n) is 9.28. The summed E-state index contributed by atoms with van der Waals surface area (Å²) in [6.45, 7) is 2.47. The summed E-state index contributed by atoms with van der Waals surface area (Å²) < 4.78 is 19.1. The van der Waals surface area contributed by atoms with Crippen LogP contribution in [0.15, 0.2) is 53.0 Å². The van der Waals surface area contributed by atoms with Crippen LogP contribution in [0.5, 0.6) is 5.75 Å². The summed E-state index contributed by atoms with van der Waals surface area (Å²) in [6.07, 6.45) is 3.18. The Labute approximate surface area is 177 Å². The number of likely N-dealkylation sites (tertiary alicyclic amines) is 1. The van der Waals surface area contributed by atoms with Gasteiger partial charge in [-0.05, 0) is 48.5 Å². The van der Waals surface area contributed by atoms with Gasteiger partial charge in [0.2, 0.25) is 5.91 Å². The molecule has 0 aliphatic carbocycles. The number of amides is 1. The molecule has 0 spiro atoms. The van der Waals surface area contributed by atoms with Crippen molar-refractivity contribution in [2.45, 2.75) is 0 Å². The van der Waals surface area contributed by atoms with Crippen molar-refractivity contribution in [2.24, 2.45) is 5.92 Å². The molecule has 1 saturated heterocycles. The zero-order chi connectivity index (χ0) is 20.8. The van der Waals surface area contributed by atoms with E-state index in [1.54, 1.807) is 13.2 Å². The summed E-state index contributed by atoms with van der Waals surface area (Å²) in [5, 5.41) is 2.84. The fourth-order valence-electron chi connectivity index (χ4n) is 3.17. The Morgan fingerprint density at radius 1 is 1.24 bits per heavy atom. The molecule has 0 aromatic heterocycles. The molecule has 29 heavy (non-hydrogen) atoms. The average Bonchev–Trinajstić information content (AvgIpc) is 2.68. The van der Waals surface area contributed by atoms with Gasteiger partial charge in [-0.2, -0.15) is 0 Å². The molecule has 1 aliphatic rings. The van der Waals surface area contributed by atoms with E-state index in [0.29, 0.717) is 37.5 Å². The number of carbonyl (C=O) groups excluding carboxylic acids is 2. The molecule has 7 heteroatoms. The quantitative estimate of drug-likeness (QED) is 0.483. The van der Waals surface area contributed by atoms with Crippen molar-refractivity contribution >= 4 is 33.7 Å². The molecule has 1 aliphatic heterocycles. The molecule has 0 radical (unpaired) electrons. The maximum absolute atomic E-state index is 13.0. The maximum Gasteiger partial charge on any atom is 0.244 e. The zero-order valence-corrected chi connectivity index (χ0v) is 17.6. The van der Waals surface area contributed by atoms with Gasteiger partial charge in [0, 0.05) is 53.8 Å². The largest absolute Gasteiger partial charge is 0.496 e. The fraction of sp³-hybridized carbons (Fsp3) is 0.273. The minimum atomic E-state index is -0.347. The van der Waals surface area contributed by atoms with Crippen LogP contribution in [0, 0.1) is 11.7 Å². The van der Waals surface area contributed by atoms with Crippen molar-refractivity contribution in [3.05, 3.63) is 70.0 Å². The molecule has 0 saturated carbocycles. The number of benzene rings is 2. The van der Waals surface area contributed by atoms with Gasteiger partial charge in [-0.25, -0.2) is 4.39 Å². The molecule has 0 unspecified atom stereocenters. The van der Waals surface area contributed by atoms with Crippen molar-refractivity contribution < 1.29 is 18.7 Å². The van der Waals surface area contributed by atoms with E-state index in [0.717, 1.165) is 10.0 Å². The van der Waals surface area contributed by atoms with Gasteiger partial charge in [0.15, 0.2) is 5.78 Å². The Balaban J connectivity index is 1.39. The van der Waals surface area contributed by atoms with Crippen molar-refractivity contribution in [3.8, 4) is 5.75 Å². The first-order chi connectivity index (χ1) is 14.0. The van der Waals surface area contributed by atoms with Crippen LogP contribution < -0.4 is 10.1 Å². The molecule has 2 aromatic rings. The van der Waals surface area contributed by atoms with E-state index < -0.39 is 0 Å². The van der Waals surface area contributed by atoms with Gasteiger partial charge >= 0.3 is 0 Å². The molecule has 1 N–H and O–H groups in total. The third-order valence-electron chi connectivity index (χ3n) is 4.79. The third kappa shape index (κ3) is 5.74. The number of rotatable bonds is 8.